The Morgan fingerprint density at radius 2 is 2.20 bits per heavy atom. The van der Waals surface area contributed by atoms with Crippen LogP contribution in [0.5, 0.6) is 0 Å². The van der Waals surface area contributed by atoms with Gasteiger partial charge in [-0.15, -0.1) is 5.10 Å². The van der Waals surface area contributed by atoms with E-state index < -0.39 is 0 Å². The summed E-state index contributed by atoms with van der Waals surface area (Å²) in [6, 6.07) is 5.06. The van der Waals surface area contributed by atoms with E-state index in [0.717, 1.165) is 11.4 Å². The van der Waals surface area contributed by atoms with Crippen molar-refractivity contribution in [1.82, 2.24) is 25.5 Å². The molecule has 0 amide bonds. The predicted molar refractivity (Wildman–Crippen MR) is 75.9 cm³/mol. The second kappa shape index (κ2) is 6.81. The lowest BCUT2D eigenvalue weighted by atomic mass is 10.2. The van der Waals surface area contributed by atoms with E-state index in [9.17, 15) is 4.39 Å². The topological polar surface area (TPSA) is 55.6 Å². The van der Waals surface area contributed by atoms with Crippen LogP contribution < -0.4 is 5.32 Å². The van der Waals surface area contributed by atoms with Crippen LogP contribution in [-0.4, -0.2) is 26.8 Å². The average molecular weight is 295 g/mol. The fraction of sp³-hybridized carbons (Fsp3) is 0.462. The number of tetrazole rings is 1. The molecule has 2 rings (SSSR count). The summed E-state index contributed by atoms with van der Waals surface area (Å²) in [5.41, 5.74) is 0.654. The van der Waals surface area contributed by atoms with Crippen molar-refractivity contribution in [2.45, 2.75) is 30.4 Å². The summed E-state index contributed by atoms with van der Waals surface area (Å²) in [6.45, 7) is 5.59. The number of halogens is 1. The van der Waals surface area contributed by atoms with Gasteiger partial charge in [0.25, 0.3) is 0 Å². The molecule has 7 heteroatoms. The number of hydrogen-bond donors (Lipinski definition) is 1. The molecule has 2 aromatic rings. The zero-order chi connectivity index (χ0) is 14.5. The molecule has 0 fully saturated rings. The highest BCUT2D eigenvalue weighted by Crippen LogP contribution is 2.29. The van der Waals surface area contributed by atoms with Crippen molar-refractivity contribution < 1.29 is 4.39 Å². The van der Waals surface area contributed by atoms with E-state index in [1.165, 1.54) is 17.8 Å². The third kappa shape index (κ3) is 3.77. The van der Waals surface area contributed by atoms with Gasteiger partial charge in [0.15, 0.2) is 0 Å². The van der Waals surface area contributed by atoms with E-state index in [0.29, 0.717) is 23.2 Å². The molecule has 20 heavy (non-hydrogen) atoms. The quantitative estimate of drug-likeness (QED) is 0.886. The summed E-state index contributed by atoms with van der Waals surface area (Å²) < 4.78 is 15.6. The van der Waals surface area contributed by atoms with Crippen molar-refractivity contribution in [2.75, 3.05) is 6.54 Å². The van der Waals surface area contributed by atoms with Crippen molar-refractivity contribution in [2.24, 2.45) is 13.0 Å². The molecule has 1 heterocycles. The SMILES string of the molecule is CC(C)CNCc1c(F)cccc1Sc1nnnn1C. The minimum atomic E-state index is -0.207. The molecule has 108 valence electrons. The van der Waals surface area contributed by atoms with Crippen molar-refractivity contribution >= 4 is 11.8 Å². The molecule has 0 aliphatic carbocycles. The maximum absolute atomic E-state index is 14.0. The second-order valence-electron chi connectivity index (χ2n) is 4.93. The molecule has 0 aliphatic heterocycles. The van der Waals surface area contributed by atoms with Crippen LogP contribution in [0.1, 0.15) is 19.4 Å². The molecule has 0 saturated heterocycles. The predicted octanol–water partition coefficient (Wildman–Crippen LogP) is 2.25. The fourth-order valence-corrected chi connectivity index (χ4v) is 2.58. The number of aryl methyl sites for hydroxylation is 1. The van der Waals surface area contributed by atoms with Crippen LogP contribution in [0.2, 0.25) is 0 Å². The van der Waals surface area contributed by atoms with E-state index in [1.807, 2.05) is 6.07 Å². The van der Waals surface area contributed by atoms with Gasteiger partial charge >= 0.3 is 0 Å². The van der Waals surface area contributed by atoms with Crippen LogP contribution >= 0.6 is 11.8 Å². The Hall–Kier alpha value is -1.47. The van der Waals surface area contributed by atoms with Crippen LogP contribution in [0, 0.1) is 11.7 Å². The normalized spacial score (nSPS) is 11.2. The smallest absolute Gasteiger partial charge is 0.213 e. The number of hydrogen-bond acceptors (Lipinski definition) is 5. The number of rotatable bonds is 6. The Balaban J connectivity index is 2.15. The largest absolute Gasteiger partial charge is 0.312 e. The zero-order valence-electron chi connectivity index (χ0n) is 11.8. The molecule has 0 unspecified atom stereocenters. The Labute approximate surface area is 122 Å². The number of benzene rings is 1. The highest BCUT2D eigenvalue weighted by atomic mass is 32.2. The Kier molecular flexibility index (Phi) is 5.08. The van der Waals surface area contributed by atoms with Gasteiger partial charge in [0.1, 0.15) is 5.82 Å². The summed E-state index contributed by atoms with van der Waals surface area (Å²) in [6.07, 6.45) is 0. The van der Waals surface area contributed by atoms with Crippen molar-refractivity contribution in [3.63, 3.8) is 0 Å². The first kappa shape index (κ1) is 14.9. The summed E-state index contributed by atoms with van der Waals surface area (Å²) >= 11 is 1.37. The van der Waals surface area contributed by atoms with E-state index in [4.69, 9.17) is 0 Å². The van der Waals surface area contributed by atoms with Gasteiger partial charge in [-0.05, 0) is 46.8 Å². The Morgan fingerprint density at radius 3 is 2.85 bits per heavy atom. The average Bonchev–Trinajstić information content (AvgIpc) is 2.78. The molecular formula is C13H18FN5S. The van der Waals surface area contributed by atoms with E-state index >= 15 is 0 Å². The van der Waals surface area contributed by atoms with Crippen molar-refractivity contribution in [1.29, 1.82) is 0 Å². The van der Waals surface area contributed by atoms with Gasteiger partial charge in [-0.2, -0.15) is 0 Å². The molecule has 0 saturated carbocycles. The Bertz CT molecular complexity index is 570. The summed E-state index contributed by atoms with van der Waals surface area (Å²) in [5.74, 6) is 0.321. The minimum absolute atomic E-state index is 0.207. The van der Waals surface area contributed by atoms with Gasteiger partial charge in [0.05, 0.1) is 0 Å². The van der Waals surface area contributed by atoms with E-state index in [-0.39, 0.29) is 5.82 Å². The van der Waals surface area contributed by atoms with Crippen molar-refractivity contribution in [3.8, 4) is 0 Å². The van der Waals surface area contributed by atoms with Crippen LogP contribution in [0.15, 0.2) is 28.3 Å². The number of nitrogens with zero attached hydrogens (tertiary/aromatic N) is 4. The molecule has 1 aromatic heterocycles. The van der Waals surface area contributed by atoms with Crippen LogP contribution in [0.25, 0.3) is 0 Å². The van der Waals surface area contributed by atoms with Crippen molar-refractivity contribution in [3.05, 3.63) is 29.6 Å². The van der Waals surface area contributed by atoms with Gasteiger partial charge < -0.3 is 5.32 Å². The van der Waals surface area contributed by atoms with E-state index in [1.54, 1.807) is 17.8 Å². The second-order valence-corrected chi connectivity index (χ2v) is 5.94. The standard InChI is InChI=1S/C13H18FN5S/c1-9(2)7-15-8-10-11(14)5-4-6-12(10)20-13-16-17-18-19(13)3/h4-6,9,15H,7-8H2,1-3H3. The first-order chi connectivity index (χ1) is 9.58. The molecule has 1 aromatic carbocycles. The zero-order valence-corrected chi connectivity index (χ0v) is 12.6. The minimum Gasteiger partial charge on any atom is -0.312 e. The summed E-state index contributed by atoms with van der Waals surface area (Å²) in [4.78, 5) is 0.833. The van der Waals surface area contributed by atoms with Gasteiger partial charge in [-0.25, -0.2) is 9.07 Å². The first-order valence-corrected chi connectivity index (χ1v) is 7.28. The first-order valence-electron chi connectivity index (χ1n) is 6.46. The Morgan fingerprint density at radius 1 is 1.40 bits per heavy atom. The lowest BCUT2D eigenvalue weighted by Crippen LogP contribution is -2.20. The molecule has 1 N–H and O–H groups in total. The van der Waals surface area contributed by atoms with Gasteiger partial charge in [-0.1, -0.05) is 19.9 Å². The van der Waals surface area contributed by atoms with Gasteiger partial charge in [0.2, 0.25) is 5.16 Å². The molecular weight excluding hydrogens is 277 g/mol. The highest BCUT2D eigenvalue weighted by Gasteiger charge is 2.12. The lowest BCUT2D eigenvalue weighted by molar-refractivity contribution is 0.530. The molecule has 0 atom stereocenters. The third-order valence-corrected chi connectivity index (χ3v) is 3.84. The van der Waals surface area contributed by atoms with Crippen LogP contribution in [0.3, 0.4) is 0 Å². The molecule has 0 radical (unpaired) electrons. The monoisotopic (exact) mass is 295 g/mol. The van der Waals surface area contributed by atoms with Crippen LogP contribution in [0.4, 0.5) is 4.39 Å². The molecule has 0 spiro atoms. The maximum atomic E-state index is 14.0. The third-order valence-electron chi connectivity index (χ3n) is 2.71. The van der Waals surface area contributed by atoms with Gasteiger partial charge in [-0.3, -0.25) is 0 Å². The molecule has 0 bridgehead atoms. The molecule has 5 nitrogen and oxygen atoms in total. The van der Waals surface area contributed by atoms with Gasteiger partial charge in [0, 0.05) is 24.1 Å². The highest BCUT2D eigenvalue weighted by molar-refractivity contribution is 7.99. The number of nitrogens with one attached hydrogen (secondary N) is 1. The molecule has 0 aliphatic rings. The number of aromatic nitrogens is 4. The fourth-order valence-electron chi connectivity index (χ4n) is 1.70. The summed E-state index contributed by atoms with van der Waals surface area (Å²) in [7, 11) is 1.76. The maximum Gasteiger partial charge on any atom is 0.213 e. The van der Waals surface area contributed by atoms with E-state index in [2.05, 4.69) is 34.7 Å². The van der Waals surface area contributed by atoms with Crippen LogP contribution in [-0.2, 0) is 13.6 Å². The summed E-state index contributed by atoms with van der Waals surface area (Å²) in [5, 5.41) is 15.2. The lowest BCUT2D eigenvalue weighted by Gasteiger charge is -2.12.